The van der Waals surface area contributed by atoms with E-state index in [1.165, 1.54) is 16.3 Å². The van der Waals surface area contributed by atoms with Gasteiger partial charge in [-0.2, -0.15) is 0 Å². The van der Waals surface area contributed by atoms with Crippen molar-refractivity contribution >= 4 is 27.6 Å². The number of nitrogens with zero attached hydrogens (tertiary/aromatic N) is 4. The molecule has 6 aromatic rings. The molecule has 6 heteroatoms. The summed E-state index contributed by atoms with van der Waals surface area (Å²) in [5.41, 5.74) is 5.54. The van der Waals surface area contributed by atoms with E-state index >= 15 is 0 Å². The van der Waals surface area contributed by atoms with Gasteiger partial charge in [0, 0.05) is 55.9 Å². The molecule has 1 N–H and O–H groups in total. The maximum atomic E-state index is 13.9. The van der Waals surface area contributed by atoms with Crippen molar-refractivity contribution in [3.05, 3.63) is 126 Å². The van der Waals surface area contributed by atoms with Crippen LogP contribution in [-0.4, -0.2) is 49.9 Å². The Balaban J connectivity index is 1.19. The number of carbonyl (C=O) groups is 1. The van der Waals surface area contributed by atoms with Crippen LogP contribution in [0.3, 0.4) is 0 Å². The van der Waals surface area contributed by atoms with Gasteiger partial charge in [-0.1, -0.05) is 84.9 Å². The summed E-state index contributed by atoms with van der Waals surface area (Å²) in [5.74, 6) is 0.964. The molecule has 204 valence electrons. The quantitative estimate of drug-likeness (QED) is 0.268. The summed E-state index contributed by atoms with van der Waals surface area (Å²) in [6.45, 7) is 3.06. The summed E-state index contributed by atoms with van der Waals surface area (Å²) in [6, 6.07) is 33.5. The van der Waals surface area contributed by atoms with E-state index in [4.69, 9.17) is 4.98 Å². The minimum Gasteiger partial charge on any atom is -0.350 e. The lowest BCUT2D eigenvalue weighted by atomic mass is 10.1. The van der Waals surface area contributed by atoms with Gasteiger partial charge in [0.2, 0.25) is 5.91 Å². The van der Waals surface area contributed by atoms with Gasteiger partial charge in [-0.15, -0.1) is 0 Å². The molecule has 1 amide bonds. The van der Waals surface area contributed by atoms with Gasteiger partial charge in [0.05, 0.1) is 18.3 Å². The number of fused-ring (bicyclic) bond motifs is 2. The second-order valence-corrected chi connectivity index (χ2v) is 11.0. The minimum atomic E-state index is -0.163. The molecule has 0 saturated carbocycles. The van der Waals surface area contributed by atoms with Crippen molar-refractivity contribution in [1.29, 1.82) is 0 Å². The lowest BCUT2D eigenvalue weighted by Crippen LogP contribution is -2.51. The van der Waals surface area contributed by atoms with Crippen molar-refractivity contribution in [1.82, 2.24) is 24.3 Å². The highest BCUT2D eigenvalue weighted by atomic mass is 16.2. The van der Waals surface area contributed by atoms with E-state index in [2.05, 4.69) is 99.5 Å². The molecule has 6 nitrogen and oxygen atoms in total. The molecule has 1 aliphatic rings. The first kappa shape index (κ1) is 25.3. The third-order valence-corrected chi connectivity index (χ3v) is 8.33. The minimum absolute atomic E-state index is 0.134. The number of hydrogen-bond donors (Lipinski definition) is 1. The average Bonchev–Trinajstić information content (AvgIpc) is 3.63. The Morgan fingerprint density at radius 3 is 2.56 bits per heavy atom. The molecule has 1 aliphatic heterocycles. The largest absolute Gasteiger partial charge is 0.350 e. The molecule has 0 spiro atoms. The number of imidazole rings is 1. The van der Waals surface area contributed by atoms with Crippen molar-refractivity contribution in [2.75, 3.05) is 19.6 Å². The second-order valence-electron chi connectivity index (χ2n) is 11.0. The summed E-state index contributed by atoms with van der Waals surface area (Å²) in [5, 5.41) is 3.55. The molecule has 0 bridgehead atoms. The first-order valence-corrected chi connectivity index (χ1v) is 14.3. The average molecular weight is 540 g/mol. The van der Waals surface area contributed by atoms with E-state index in [1.807, 2.05) is 36.3 Å². The highest BCUT2D eigenvalue weighted by Gasteiger charge is 2.34. The predicted octanol–water partition coefficient (Wildman–Crippen LogP) is 6.35. The number of aryl methyl sites for hydroxylation is 1. The van der Waals surface area contributed by atoms with Crippen LogP contribution in [0.25, 0.3) is 32.9 Å². The summed E-state index contributed by atoms with van der Waals surface area (Å²) in [6.07, 6.45) is 4.37. The lowest BCUT2D eigenvalue weighted by molar-refractivity contribution is -0.136. The Kier molecular flexibility index (Phi) is 6.61. The standard InChI is InChI=1S/C35H33N5O/c1-38-23-29(30-13-7-8-14-32(30)38)20-34(41)40-18-17-39(22-25-9-3-2-4-10-25)24-33(40)35-36-21-31(37-35)28-16-15-26-11-5-6-12-27(26)19-28/h2-16,19,21,23,33H,17-18,20,22,24H2,1H3,(H,36,37). The highest BCUT2D eigenvalue weighted by Crippen LogP contribution is 2.30. The topological polar surface area (TPSA) is 57.2 Å². The fourth-order valence-corrected chi connectivity index (χ4v) is 6.20. The van der Waals surface area contributed by atoms with Crippen molar-refractivity contribution in [2.45, 2.75) is 19.0 Å². The number of H-pyrrole nitrogens is 1. The Bertz CT molecular complexity index is 1840. The van der Waals surface area contributed by atoms with E-state index in [9.17, 15) is 4.79 Å². The number of aromatic nitrogens is 3. The van der Waals surface area contributed by atoms with Crippen LogP contribution in [0, 0.1) is 0 Å². The molecule has 1 unspecified atom stereocenters. The number of carbonyl (C=O) groups excluding carboxylic acids is 1. The Hall–Kier alpha value is -4.68. The fraction of sp³-hybridized carbons (Fsp3) is 0.200. The van der Waals surface area contributed by atoms with E-state index < -0.39 is 0 Å². The Morgan fingerprint density at radius 2 is 1.68 bits per heavy atom. The molecule has 3 heterocycles. The first-order valence-electron chi connectivity index (χ1n) is 14.3. The Morgan fingerprint density at radius 1 is 0.902 bits per heavy atom. The van der Waals surface area contributed by atoms with Crippen LogP contribution >= 0.6 is 0 Å². The molecule has 2 aromatic heterocycles. The van der Waals surface area contributed by atoms with Crippen molar-refractivity contribution in [3.63, 3.8) is 0 Å². The van der Waals surface area contributed by atoms with Crippen molar-refractivity contribution in [2.24, 2.45) is 7.05 Å². The summed E-state index contributed by atoms with van der Waals surface area (Å²) >= 11 is 0. The number of para-hydroxylation sites is 1. The summed E-state index contributed by atoms with van der Waals surface area (Å²) < 4.78 is 2.11. The monoisotopic (exact) mass is 539 g/mol. The summed E-state index contributed by atoms with van der Waals surface area (Å²) in [7, 11) is 2.04. The van der Waals surface area contributed by atoms with Gasteiger partial charge < -0.3 is 14.5 Å². The molecule has 1 saturated heterocycles. The number of aromatic amines is 1. The molecular formula is C35H33N5O. The van der Waals surface area contributed by atoms with Crippen molar-refractivity contribution in [3.8, 4) is 11.3 Å². The zero-order valence-electron chi connectivity index (χ0n) is 23.2. The van der Waals surface area contributed by atoms with Crippen LogP contribution in [-0.2, 0) is 24.8 Å². The molecule has 7 rings (SSSR count). The molecule has 0 aliphatic carbocycles. The predicted molar refractivity (Wildman–Crippen MR) is 164 cm³/mol. The van der Waals surface area contributed by atoms with Crippen LogP contribution in [0.15, 0.2) is 109 Å². The van der Waals surface area contributed by atoms with Gasteiger partial charge >= 0.3 is 0 Å². The first-order chi connectivity index (χ1) is 20.1. The van der Waals surface area contributed by atoms with Crippen LogP contribution in [0.1, 0.15) is 23.0 Å². The number of benzene rings is 4. The van der Waals surface area contributed by atoms with Crippen LogP contribution < -0.4 is 0 Å². The third kappa shape index (κ3) is 5.03. The molecular weight excluding hydrogens is 506 g/mol. The zero-order valence-corrected chi connectivity index (χ0v) is 23.2. The molecule has 4 aromatic carbocycles. The van der Waals surface area contributed by atoms with Gasteiger partial charge in [-0.05, 0) is 34.0 Å². The lowest BCUT2D eigenvalue weighted by Gasteiger charge is -2.40. The number of piperazine rings is 1. The van der Waals surface area contributed by atoms with Gasteiger partial charge in [-0.3, -0.25) is 9.69 Å². The smallest absolute Gasteiger partial charge is 0.227 e. The molecule has 41 heavy (non-hydrogen) atoms. The number of nitrogens with one attached hydrogen (secondary N) is 1. The van der Waals surface area contributed by atoms with Crippen molar-refractivity contribution < 1.29 is 4.79 Å². The van der Waals surface area contributed by atoms with Crippen LogP contribution in [0.4, 0.5) is 0 Å². The van der Waals surface area contributed by atoms with Gasteiger partial charge in [0.25, 0.3) is 0 Å². The molecule has 1 atom stereocenters. The maximum Gasteiger partial charge on any atom is 0.227 e. The number of hydrogen-bond acceptors (Lipinski definition) is 3. The SMILES string of the molecule is Cn1cc(CC(=O)N2CCN(Cc3ccccc3)CC2c2ncc(-c3ccc4ccccc4c3)[nH]2)c2ccccc21. The molecule has 1 fully saturated rings. The number of amides is 1. The van der Waals surface area contributed by atoms with E-state index in [0.717, 1.165) is 53.2 Å². The highest BCUT2D eigenvalue weighted by molar-refractivity contribution is 5.90. The number of rotatable bonds is 6. The van der Waals surface area contributed by atoms with E-state index in [-0.39, 0.29) is 11.9 Å². The maximum absolute atomic E-state index is 13.9. The zero-order chi connectivity index (χ0) is 27.8. The Labute approximate surface area is 239 Å². The molecule has 0 radical (unpaired) electrons. The second kappa shape index (κ2) is 10.7. The third-order valence-electron chi connectivity index (χ3n) is 8.33. The van der Waals surface area contributed by atoms with Crippen LogP contribution in [0.5, 0.6) is 0 Å². The summed E-state index contributed by atoms with van der Waals surface area (Å²) in [4.78, 5) is 26.9. The van der Waals surface area contributed by atoms with Crippen LogP contribution in [0.2, 0.25) is 0 Å². The van der Waals surface area contributed by atoms with Gasteiger partial charge in [-0.25, -0.2) is 4.98 Å². The van der Waals surface area contributed by atoms with Gasteiger partial charge in [0.1, 0.15) is 11.9 Å². The fourth-order valence-electron chi connectivity index (χ4n) is 6.20. The van der Waals surface area contributed by atoms with Gasteiger partial charge in [0.15, 0.2) is 0 Å². The normalized spacial score (nSPS) is 16.0. The van der Waals surface area contributed by atoms with E-state index in [0.29, 0.717) is 13.0 Å². The van der Waals surface area contributed by atoms with E-state index in [1.54, 1.807) is 0 Å².